The van der Waals surface area contributed by atoms with E-state index in [0.29, 0.717) is 6.42 Å². The molecule has 2 aromatic rings. The highest BCUT2D eigenvalue weighted by atomic mass is 19.1. The van der Waals surface area contributed by atoms with E-state index in [1.165, 1.54) is 6.07 Å². The molecule has 0 saturated carbocycles. The Morgan fingerprint density at radius 2 is 2.00 bits per heavy atom. The van der Waals surface area contributed by atoms with Crippen molar-refractivity contribution in [3.8, 4) is 0 Å². The Hall–Kier alpha value is -2.24. The van der Waals surface area contributed by atoms with Gasteiger partial charge in [-0.05, 0) is 23.3 Å². The van der Waals surface area contributed by atoms with Gasteiger partial charge in [0.15, 0.2) is 0 Å². The van der Waals surface area contributed by atoms with Crippen LogP contribution in [0.3, 0.4) is 0 Å². The molecule has 1 unspecified atom stereocenters. The van der Waals surface area contributed by atoms with Crippen molar-refractivity contribution in [1.29, 1.82) is 0 Å². The first-order chi connectivity index (χ1) is 12.2. The molecule has 1 aliphatic heterocycles. The van der Waals surface area contributed by atoms with Crippen LogP contribution in [0.15, 0.2) is 54.6 Å². The van der Waals surface area contributed by atoms with Crippen LogP contribution in [0.2, 0.25) is 0 Å². The summed E-state index contributed by atoms with van der Waals surface area (Å²) in [4.78, 5) is 14.3. The van der Waals surface area contributed by atoms with Crippen LogP contribution in [-0.2, 0) is 4.79 Å². The minimum absolute atomic E-state index is 0.0183. The smallest absolute Gasteiger partial charge is 0.221 e. The summed E-state index contributed by atoms with van der Waals surface area (Å²) in [5.74, 6) is -0.221. The summed E-state index contributed by atoms with van der Waals surface area (Å²) in [6.45, 7) is 2.40. The quantitative estimate of drug-likeness (QED) is 0.877. The van der Waals surface area contributed by atoms with Gasteiger partial charge in [-0.2, -0.15) is 0 Å². The van der Waals surface area contributed by atoms with Gasteiger partial charge in [-0.3, -0.25) is 9.69 Å². The maximum atomic E-state index is 13.9. The molecule has 1 saturated heterocycles. The minimum atomic E-state index is -0.239. The van der Waals surface area contributed by atoms with Crippen LogP contribution in [0.4, 0.5) is 4.39 Å². The van der Waals surface area contributed by atoms with Gasteiger partial charge < -0.3 is 10.6 Å². The maximum Gasteiger partial charge on any atom is 0.221 e. The molecule has 0 aliphatic carbocycles. The Kier molecular flexibility index (Phi) is 5.79. The van der Waals surface area contributed by atoms with Gasteiger partial charge in [0.2, 0.25) is 5.91 Å². The zero-order valence-corrected chi connectivity index (χ0v) is 14.4. The molecular weight excluding hydrogens is 317 g/mol. The average molecular weight is 341 g/mol. The molecule has 132 valence electrons. The lowest BCUT2D eigenvalue weighted by Crippen LogP contribution is -2.54. The molecule has 2 N–H and O–H groups in total. The second-order valence-electron chi connectivity index (χ2n) is 6.34. The number of nitrogens with zero attached hydrogens (tertiary/aromatic N) is 1. The number of rotatable bonds is 5. The van der Waals surface area contributed by atoms with Crippen LogP contribution in [-0.4, -0.2) is 43.5 Å². The van der Waals surface area contributed by atoms with Crippen LogP contribution in [0, 0.1) is 5.82 Å². The standard InChI is InChI=1S/C20H24FN3O/c1-22-19(25)13-18-14-23-10-11-24(18)20(15-6-3-2-4-7-15)16-8-5-9-17(21)12-16/h2-9,12,18,20,23H,10-11,13-14H2,1H3,(H,22,25)/t18-,20?/m1/s1. The largest absolute Gasteiger partial charge is 0.359 e. The molecule has 2 atom stereocenters. The normalized spacial score (nSPS) is 19.4. The zero-order chi connectivity index (χ0) is 17.6. The van der Waals surface area contributed by atoms with Gasteiger partial charge in [0.05, 0.1) is 6.04 Å². The summed E-state index contributed by atoms with van der Waals surface area (Å²) < 4.78 is 13.9. The number of benzene rings is 2. The third kappa shape index (κ3) is 4.24. The van der Waals surface area contributed by atoms with Gasteiger partial charge in [-0.15, -0.1) is 0 Å². The number of halogens is 1. The lowest BCUT2D eigenvalue weighted by atomic mass is 9.94. The van der Waals surface area contributed by atoms with E-state index in [1.807, 2.05) is 24.3 Å². The van der Waals surface area contributed by atoms with E-state index in [9.17, 15) is 9.18 Å². The molecule has 1 aliphatic rings. The summed E-state index contributed by atoms with van der Waals surface area (Å²) in [6.07, 6.45) is 0.419. The first-order valence-electron chi connectivity index (χ1n) is 8.66. The van der Waals surface area contributed by atoms with E-state index in [2.05, 4.69) is 27.7 Å². The molecule has 1 fully saturated rings. The highest BCUT2D eigenvalue weighted by Gasteiger charge is 2.32. The van der Waals surface area contributed by atoms with Gasteiger partial charge in [-0.1, -0.05) is 42.5 Å². The second kappa shape index (κ2) is 8.23. The van der Waals surface area contributed by atoms with Crippen LogP contribution in [0.5, 0.6) is 0 Å². The first-order valence-corrected chi connectivity index (χ1v) is 8.66. The average Bonchev–Trinajstić information content (AvgIpc) is 2.64. The van der Waals surface area contributed by atoms with Crippen molar-refractivity contribution in [2.24, 2.45) is 0 Å². The zero-order valence-electron chi connectivity index (χ0n) is 14.4. The monoisotopic (exact) mass is 341 g/mol. The molecule has 1 amide bonds. The lowest BCUT2D eigenvalue weighted by Gasteiger charge is -2.42. The van der Waals surface area contributed by atoms with Crippen molar-refractivity contribution in [3.63, 3.8) is 0 Å². The van der Waals surface area contributed by atoms with E-state index in [0.717, 1.165) is 30.8 Å². The van der Waals surface area contributed by atoms with Crippen molar-refractivity contribution in [2.75, 3.05) is 26.7 Å². The molecule has 0 bridgehead atoms. The highest BCUT2D eigenvalue weighted by Crippen LogP contribution is 2.32. The topological polar surface area (TPSA) is 44.4 Å². The van der Waals surface area contributed by atoms with Gasteiger partial charge >= 0.3 is 0 Å². The van der Waals surface area contributed by atoms with E-state index in [-0.39, 0.29) is 23.8 Å². The molecule has 1 heterocycles. The van der Waals surface area contributed by atoms with Gasteiger partial charge in [0.1, 0.15) is 5.82 Å². The summed E-state index contributed by atoms with van der Waals surface area (Å²) >= 11 is 0. The third-order valence-corrected chi connectivity index (χ3v) is 4.71. The van der Waals surface area contributed by atoms with Crippen molar-refractivity contribution in [3.05, 3.63) is 71.5 Å². The van der Waals surface area contributed by atoms with Crippen molar-refractivity contribution < 1.29 is 9.18 Å². The number of carbonyl (C=O) groups is 1. The Bertz CT molecular complexity index is 707. The minimum Gasteiger partial charge on any atom is -0.359 e. The SMILES string of the molecule is CNC(=O)C[C@@H]1CNCCN1C(c1ccccc1)c1cccc(F)c1. The molecule has 25 heavy (non-hydrogen) atoms. The lowest BCUT2D eigenvalue weighted by molar-refractivity contribution is -0.122. The molecule has 2 aromatic carbocycles. The van der Waals surface area contributed by atoms with E-state index in [1.54, 1.807) is 19.2 Å². The number of hydrogen-bond acceptors (Lipinski definition) is 3. The number of hydrogen-bond donors (Lipinski definition) is 2. The summed E-state index contributed by atoms with van der Waals surface area (Å²) in [6, 6.07) is 16.8. The predicted octanol–water partition coefficient (Wildman–Crippen LogP) is 2.33. The van der Waals surface area contributed by atoms with Crippen molar-refractivity contribution in [1.82, 2.24) is 15.5 Å². The van der Waals surface area contributed by atoms with Crippen LogP contribution in [0.1, 0.15) is 23.6 Å². The molecule has 0 aromatic heterocycles. The fourth-order valence-electron chi connectivity index (χ4n) is 3.51. The molecular formula is C20H24FN3O. The Balaban J connectivity index is 1.99. The molecule has 5 heteroatoms. The van der Waals surface area contributed by atoms with Crippen LogP contribution < -0.4 is 10.6 Å². The first kappa shape index (κ1) is 17.6. The fourth-order valence-corrected chi connectivity index (χ4v) is 3.51. The second-order valence-corrected chi connectivity index (χ2v) is 6.34. The molecule has 3 rings (SSSR count). The number of amides is 1. The Labute approximate surface area is 148 Å². The maximum absolute atomic E-state index is 13.9. The van der Waals surface area contributed by atoms with Crippen LogP contribution in [0.25, 0.3) is 0 Å². The predicted molar refractivity (Wildman–Crippen MR) is 96.7 cm³/mol. The Morgan fingerprint density at radius 1 is 1.24 bits per heavy atom. The fraction of sp³-hybridized carbons (Fsp3) is 0.350. The number of carbonyl (C=O) groups excluding carboxylic acids is 1. The van der Waals surface area contributed by atoms with Gasteiger partial charge in [0.25, 0.3) is 0 Å². The summed E-state index contributed by atoms with van der Waals surface area (Å²) in [5, 5.41) is 6.07. The van der Waals surface area contributed by atoms with Crippen molar-refractivity contribution in [2.45, 2.75) is 18.5 Å². The number of nitrogens with one attached hydrogen (secondary N) is 2. The molecule has 0 spiro atoms. The van der Waals surface area contributed by atoms with Gasteiger partial charge in [0, 0.05) is 39.1 Å². The van der Waals surface area contributed by atoms with E-state index < -0.39 is 0 Å². The highest BCUT2D eigenvalue weighted by molar-refractivity contribution is 5.76. The van der Waals surface area contributed by atoms with Gasteiger partial charge in [-0.25, -0.2) is 4.39 Å². The molecule has 4 nitrogen and oxygen atoms in total. The van der Waals surface area contributed by atoms with E-state index in [4.69, 9.17) is 0 Å². The van der Waals surface area contributed by atoms with Crippen LogP contribution >= 0.6 is 0 Å². The molecule has 0 radical (unpaired) electrons. The Morgan fingerprint density at radius 3 is 2.72 bits per heavy atom. The summed E-state index contributed by atoms with van der Waals surface area (Å²) in [7, 11) is 1.66. The summed E-state index contributed by atoms with van der Waals surface area (Å²) in [5.41, 5.74) is 2.02. The third-order valence-electron chi connectivity index (χ3n) is 4.71. The van der Waals surface area contributed by atoms with Crippen molar-refractivity contribution >= 4 is 5.91 Å². The van der Waals surface area contributed by atoms with E-state index >= 15 is 0 Å². The number of piperazine rings is 1.